The van der Waals surface area contributed by atoms with Crippen molar-refractivity contribution in [2.45, 2.75) is 19.9 Å². The maximum Gasteiger partial charge on any atom is 0.277 e. The molecule has 0 spiro atoms. The van der Waals surface area contributed by atoms with Crippen LogP contribution in [0.25, 0.3) is 11.3 Å². The van der Waals surface area contributed by atoms with Crippen molar-refractivity contribution in [3.05, 3.63) is 42.1 Å². The summed E-state index contributed by atoms with van der Waals surface area (Å²) in [5.41, 5.74) is 2.84. The average Bonchev–Trinajstić information content (AvgIpc) is 2.98. The third kappa shape index (κ3) is 4.16. The summed E-state index contributed by atoms with van der Waals surface area (Å²) in [5.74, 6) is 0. The Labute approximate surface area is 118 Å². The van der Waals surface area contributed by atoms with Crippen LogP contribution in [0.4, 0.5) is 0 Å². The van der Waals surface area contributed by atoms with E-state index in [9.17, 15) is 8.42 Å². The Morgan fingerprint density at radius 3 is 2.50 bits per heavy atom. The van der Waals surface area contributed by atoms with Gasteiger partial charge in [-0.15, -0.1) is 0 Å². The summed E-state index contributed by atoms with van der Waals surface area (Å²) in [6.07, 6.45) is 2.45. The minimum absolute atomic E-state index is 0.266. The number of nitrogens with zero attached hydrogens (tertiary/aromatic N) is 1. The molecule has 0 fully saturated rings. The van der Waals surface area contributed by atoms with Crippen LogP contribution in [0.1, 0.15) is 18.9 Å². The second-order valence-electron chi connectivity index (χ2n) is 4.39. The number of rotatable bonds is 7. The van der Waals surface area contributed by atoms with E-state index in [0.717, 1.165) is 23.2 Å². The van der Waals surface area contributed by atoms with Crippen LogP contribution >= 0.6 is 0 Å². The SMILES string of the molecule is CCCNS(=O)(=O)NCc1ccc(-c2ccn[nH]2)cc1. The molecule has 1 aromatic carbocycles. The maximum atomic E-state index is 11.6. The molecule has 108 valence electrons. The number of aromatic amines is 1. The number of aromatic nitrogens is 2. The first kappa shape index (κ1) is 14.7. The first-order valence-electron chi connectivity index (χ1n) is 6.43. The van der Waals surface area contributed by atoms with Crippen LogP contribution in [0.5, 0.6) is 0 Å². The van der Waals surface area contributed by atoms with Crippen molar-refractivity contribution >= 4 is 10.2 Å². The Morgan fingerprint density at radius 2 is 1.90 bits per heavy atom. The lowest BCUT2D eigenvalue weighted by Crippen LogP contribution is -2.36. The van der Waals surface area contributed by atoms with E-state index in [4.69, 9.17) is 0 Å². The van der Waals surface area contributed by atoms with E-state index >= 15 is 0 Å². The third-order valence-electron chi connectivity index (χ3n) is 2.77. The predicted molar refractivity (Wildman–Crippen MR) is 78.1 cm³/mol. The number of H-pyrrole nitrogens is 1. The molecule has 3 N–H and O–H groups in total. The molecule has 0 aliphatic heterocycles. The molecule has 20 heavy (non-hydrogen) atoms. The van der Waals surface area contributed by atoms with Gasteiger partial charge in [0.15, 0.2) is 0 Å². The summed E-state index contributed by atoms with van der Waals surface area (Å²) in [4.78, 5) is 0. The molecule has 1 aromatic heterocycles. The first-order chi connectivity index (χ1) is 9.61. The van der Waals surface area contributed by atoms with Gasteiger partial charge in [-0.2, -0.15) is 18.2 Å². The van der Waals surface area contributed by atoms with Gasteiger partial charge in [-0.3, -0.25) is 5.10 Å². The molecule has 0 saturated carbocycles. The molecule has 0 saturated heterocycles. The maximum absolute atomic E-state index is 11.6. The van der Waals surface area contributed by atoms with Gasteiger partial charge >= 0.3 is 0 Å². The van der Waals surface area contributed by atoms with E-state index in [1.807, 2.05) is 37.3 Å². The normalized spacial score (nSPS) is 11.7. The van der Waals surface area contributed by atoms with Crippen molar-refractivity contribution < 1.29 is 8.42 Å². The number of nitrogens with one attached hydrogen (secondary N) is 3. The van der Waals surface area contributed by atoms with Crippen LogP contribution in [-0.2, 0) is 16.8 Å². The highest BCUT2D eigenvalue weighted by molar-refractivity contribution is 7.87. The van der Waals surface area contributed by atoms with Crippen molar-refractivity contribution in [2.24, 2.45) is 0 Å². The van der Waals surface area contributed by atoms with Crippen LogP contribution in [-0.4, -0.2) is 25.2 Å². The fourth-order valence-corrected chi connectivity index (χ4v) is 2.62. The van der Waals surface area contributed by atoms with E-state index in [-0.39, 0.29) is 6.54 Å². The molecule has 0 aliphatic rings. The largest absolute Gasteiger partial charge is 0.278 e. The van der Waals surface area contributed by atoms with Gasteiger partial charge in [0, 0.05) is 19.3 Å². The molecule has 2 aromatic rings. The fraction of sp³-hybridized carbons (Fsp3) is 0.308. The van der Waals surface area contributed by atoms with Crippen LogP contribution in [0.15, 0.2) is 36.5 Å². The molecule has 0 radical (unpaired) electrons. The topological polar surface area (TPSA) is 86.9 Å². The minimum atomic E-state index is -3.41. The van der Waals surface area contributed by atoms with Gasteiger partial charge in [-0.25, -0.2) is 4.72 Å². The minimum Gasteiger partial charge on any atom is -0.278 e. The van der Waals surface area contributed by atoms with Gasteiger partial charge in [0.25, 0.3) is 10.2 Å². The van der Waals surface area contributed by atoms with Crippen molar-refractivity contribution in [1.29, 1.82) is 0 Å². The highest BCUT2D eigenvalue weighted by Gasteiger charge is 2.07. The summed E-state index contributed by atoms with van der Waals surface area (Å²) >= 11 is 0. The van der Waals surface area contributed by atoms with E-state index < -0.39 is 10.2 Å². The Balaban J connectivity index is 1.94. The first-order valence-corrected chi connectivity index (χ1v) is 7.92. The highest BCUT2D eigenvalue weighted by atomic mass is 32.2. The molecular formula is C13H18N4O2S. The van der Waals surface area contributed by atoms with Gasteiger partial charge in [0.05, 0.1) is 5.69 Å². The average molecular weight is 294 g/mol. The lowest BCUT2D eigenvalue weighted by molar-refractivity contribution is 0.565. The quantitative estimate of drug-likeness (QED) is 0.721. The standard InChI is InChI=1S/C13H18N4O2S/c1-2-8-15-20(18,19)16-10-11-3-5-12(6-4-11)13-7-9-14-17-13/h3-7,9,15-16H,2,8,10H2,1H3,(H,14,17). The molecule has 6 nitrogen and oxygen atoms in total. The molecule has 0 atom stereocenters. The summed E-state index contributed by atoms with van der Waals surface area (Å²) in [7, 11) is -3.41. The molecule has 1 heterocycles. The van der Waals surface area contributed by atoms with Gasteiger partial charge in [0.2, 0.25) is 0 Å². The molecular weight excluding hydrogens is 276 g/mol. The second-order valence-corrected chi connectivity index (χ2v) is 5.97. The van der Waals surface area contributed by atoms with Crippen LogP contribution in [0.2, 0.25) is 0 Å². The number of hydrogen-bond donors (Lipinski definition) is 3. The van der Waals surface area contributed by atoms with Crippen molar-refractivity contribution in [1.82, 2.24) is 19.6 Å². The summed E-state index contributed by atoms with van der Waals surface area (Å²) in [5, 5.41) is 6.77. The second kappa shape index (κ2) is 6.65. The molecule has 0 aliphatic carbocycles. The smallest absolute Gasteiger partial charge is 0.277 e. The lowest BCUT2D eigenvalue weighted by atomic mass is 10.1. The predicted octanol–water partition coefficient (Wildman–Crippen LogP) is 1.41. The Morgan fingerprint density at radius 1 is 1.15 bits per heavy atom. The molecule has 2 rings (SSSR count). The van der Waals surface area contributed by atoms with Crippen molar-refractivity contribution in [3.63, 3.8) is 0 Å². The lowest BCUT2D eigenvalue weighted by Gasteiger charge is -2.07. The zero-order valence-corrected chi connectivity index (χ0v) is 12.1. The van der Waals surface area contributed by atoms with Crippen LogP contribution in [0.3, 0.4) is 0 Å². The van der Waals surface area contributed by atoms with Gasteiger partial charge in [-0.1, -0.05) is 31.2 Å². The third-order valence-corrected chi connectivity index (χ3v) is 3.88. The monoisotopic (exact) mass is 294 g/mol. The highest BCUT2D eigenvalue weighted by Crippen LogP contribution is 2.16. The zero-order chi connectivity index (χ0) is 14.4. The molecule has 0 amide bonds. The van der Waals surface area contributed by atoms with Gasteiger partial charge < -0.3 is 0 Å². The summed E-state index contributed by atoms with van der Waals surface area (Å²) in [6.45, 7) is 2.62. The van der Waals surface area contributed by atoms with Gasteiger partial charge in [0.1, 0.15) is 0 Å². The molecule has 0 bridgehead atoms. The van der Waals surface area contributed by atoms with E-state index in [1.165, 1.54) is 0 Å². The number of benzene rings is 1. The number of hydrogen-bond acceptors (Lipinski definition) is 3. The fourth-order valence-electron chi connectivity index (χ4n) is 1.68. The Hall–Kier alpha value is -1.70. The van der Waals surface area contributed by atoms with E-state index in [0.29, 0.717) is 6.54 Å². The summed E-state index contributed by atoms with van der Waals surface area (Å²) < 4.78 is 28.1. The summed E-state index contributed by atoms with van der Waals surface area (Å²) in [6, 6.07) is 9.51. The van der Waals surface area contributed by atoms with Gasteiger partial charge in [-0.05, 0) is 23.6 Å². The van der Waals surface area contributed by atoms with Crippen LogP contribution < -0.4 is 9.44 Å². The van der Waals surface area contributed by atoms with E-state index in [2.05, 4.69) is 19.6 Å². The molecule has 7 heteroatoms. The van der Waals surface area contributed by atoms with Crippen molar-refractivity contribution in [2.75, 3.05) is 6.54 Å². The van der Waals surface area contributed by atoms with E-state index in [1.54, 1.807) is 6.20 Å². The van der Waals surface area contributed by atoms with Crippen LogP contribution in [0, 0.1) is 0 Å². The van der Waals surface area contributed by atoms with Crippen molar-refractivity contribution in [3.8, 4) is 11.3 Å². The molecule has 0 unspecified atom stereocenters. The zero-order valence-electron chi connectivity index (χ0n) is 11.3. The Kier molecular flexibility index (Phi) is 4.89. The Bertz CT molecular complexity index is 621.